The summed E-state index contributed by atoms with van der Waals surface area (Å²) in [5.41, 5.74) is 2.15. The first kappa shape index (κ1) is 25.8. The van der Waals surface area contributed by atoms with Crippen molar-refractivity contribution in [3.63, 3.8) is 0 Å². The fraction of sp³-hybridized carbons (Fsp3) is 0.480. The zero-order valence-corrected chi connectivity index (χ0v) is 21.4. The lowest BCUT2D eigenvalue weighted by molar-refractivity contribution is -0.121. The number of nitrogens with zero attached hydrogens (tertiary/aromatic N) is 2. The largest absolute Gasteiger partial charge is 0.493 e. The number of hydrogen-bond donors (Lipinski definition) is 1. The highest BCUT2D eigenvalue weighted by Crippen LogP contribution is 2.30. The second-order valence-electron chi connectivity index (χ2n) is 8.85. The second kappa shape index (κ2) is 11.1. The number of piperidine rings is 1. The molecule has 3 rings (SSSR count). The van der Waals surface area contributed by atoms with Gasteiger partial charge in [-0.05, 0) is 55.5 Å². The van der Waals surface area contributed by atoms with E-state index in [1.165, 1.54) is 58.0 Å². The summed E-state index contributed by atoms with van der Waals surface area (Å²) in [7, 11) is 0.411. The fourth-order valence-electron chi connectivity index (χ4n) is 4.21. The van der Waals surface area contributed by atoms with Crippen molar-refractivity contribution in [2.24, 2.45) is 5.92 Å². The molecule has 2 atom stereocenters. The molecule has 2 aromatic carbocycles. The lowest BCUT2D eigenvalue weighted by atomic mass is 9.99. The average molecular weight is 490 g/mol. The zero-order chi connectivity index (χ0) is 24.9. The average Bonchev–Trinajstić information content (AvgIpc) is 2.83. The van der Waals surface area contributed by atoms with Crippen molar-refractivity contribution < 1.29 is 22.7 Å². The number of likely N-dealkylation sites (N-methyl/N-ethyl adjacent to an activating group) is 1. The normalized spacial score (nSPS) is 17.4. The Morgan fingerprint density at radius 3 is 2.44 bits per heavy atom. The Balaban J connectivity index is 1.61. The van der Waals surface area contributed by atoms with Crippen LogP contribution < -0.4 is 19.7 Å². The van der Waals surface area contributed by atoms with Gasteiger partial charge in [0.15, 0.2) is 11.5 Å². The smallest absolute Gasteiger partial charge is 0.243 e. The molecule has 0 saturated carbocycles. The lowest BCUT2D eigenvalue weighted by Gasteiger charge is -2.33. The summed E-state index contributed by atoms with van der Waals surface area (Å²) in [6, 6.07) is 12.3. The predicted octanol–water partition coefficient (Wildman–Crippen LogP) is 3.44. The SMILES string of the molecule is COc1ccc(S(=O)(=O)N(C)CC(=O)N[C@@H](C)c2ccc(N3CCC[C@H](C)C3)cc2)cc1OC. The van der Waals surface area contributed by atoms with E-state index >= 15 is 0 Å². The molecule has 1 fully saturated rings. The third-order valence-electron chi connectivity index (χ3n) is 6.22. The van der Waals surface area contributed by atoms with Crippen LogP contribution in [0.25, 0.3) is 0 Å². The molecular formula is C25H35N3O5S. The summed E-state index contributed by atoms with van der Waals surface area (Å²) in [6.45, 7) is 5.99. The Morgan fingerprint density at radius 1 is 1.15 bits per heavy atom. The van der Waals surface area contributed by atoms with Crippen LogP contribution >= 0.6 is 0 Å². The monoisotopic (exact) mass is 489 g/mol. The lowest BCUT2D eigenvalue weighted by Crippen LogP contribution is -2.39. The minimum absolute atomic E-state index is 0.0242. The topological polar surface area (TPSA) is 88.2 Å². The van der Waals surface area contributed by atoms with Gasteiger partial charge in [-0.15, -0.1) is 0 Å². The number of sulfonamides is 1. The summed E-state index contributed by atoms with van der Waals surface area (Å²) < 4.78 is 37.3. The Bertz CT molecular complexity index is 1090. The van der Waals surface area contributed by atoms with Crippen molar-refractivity contribution in [2.45, 2.75) is 37.6 Å². The summed E-state index contributed by atoms with van der Waals surface area (Å²) >= 11 is 0. The van der Waals surface area contributed by atoms with Crippen LogP contribution in [0.3, 0.4) is 0 Å². The van der Waals surface area contributed by atoms with E-state index in [2.05, 4.69) is 29.3 Å². The molecule has 8 nitrogen and oxygen atoms in total. The van der Waals surface area contributed by atoms with E-state index in [0.29, 0.717) is 17.4 Å². The van der Waals surface area contributed by atoms with Crippen LogP contribution in [0.5, 0.6) is 11.5 Å². The molecule has 0 bridgehead atoms. The van der Waals surface area contributed by atoms with Crippen molar-refractivity contribution in [1.82, 2.24) is 9.62 Å². The van der Waals surface area contributed by atoms with Crippen molar-refractivity contribution in [2.75, 3.05) is 45.8 Å². The van der Waals surface area contributed by atoms with E-state index in [9.17, 15) is 13.2 Å². The Hall–Kier alpha value is -2.78. The quantitative estimate of drug-likeness (QED) is 0.581. The molecule has 34 heavy (non-hydrogen) atoms. The van der Waals surface area contributed by atoms with Crippen molar-refractivity contribution >= 4 is 21.6 Å². The first-order valence-electron chi connectivity index (χ1n) is 11.5. The molecule has 0 unspecified atom stereocenters. The van der Waals surface area contributed by atoms with Crippen LogP contribution in [-0.4, -0.2) is 59.5 Å². The third kappa shape index (κ3) is 6.01. The van der Waals surface area contributed by atoms with E-state index < -0.39 is 10.0 Å². The number of rotatable bonds is 9. The summed E-state index contributed by atoms with van der Waals surface area (Å²) in [5.74, 6) is 1.04. The van der Waals surface area contributed by atoms with Gasteiger partial charge in [-0.25, -0.2) is 8.42 Å². The molecule has 1 saturated heterocycles. The van der Waals surface area contributed by atoms with Gasteiger partial charge in [-0.2, -0.15) is 4.31 Å². The number of hydrogen-bond acceptors (Lipinski definition) is 6. The van der Waals surface area contributed by atoms with Gasteiger partial charge in [0.2, 0.25) is 15.9 Å². The number of anilines is 1. The van der Waals surface area contributed by atoms with Crippen LogP contribution in [0.15, 0.2) is 47.4 Å². The number of carbonyl (C=O) groups is 1. The van der Waals surface area contributed by atoms with Gasteiger partial charge in [0, 0.05) is 31.9 Å². The van der Waals surface area contributed by atoms with Crippen molar-refractivity contribution in [3.05, 3.63) is 48.0 Å². The summed E-state index contributed by atoms with van der Waals surface area (Å²) in [6.07, 6.45) is 2.48. The Kier molecular flexibility index (Phi) is 8.43. The predicted molar refractivity (Wildman–Crippen MR) is 133 cm³/mol. The molecule has 1 aliphatic rings. The van der Waals surface area contributed by atoms with Gasteiger partial charge in [0.25, 0.3) is 0 Å². The Labute approximate surface area is 202 Å². The molecule has 2 aromatic rings. The van der Waals surface area contributed by atoms with Crippen LogP contribution in [0.4, 0.5) is 5.69 Å². The van der Waals surface area contributed by atoms with Crippen LogP contribution in [0.2, 0.25) is 0 Å². The maximum absolute atomic E-state index is 12.9. The molecule has 1 aliphatic heterocycles. The number of benzene rings is 2. The van der Waals surface area contributed by atoms with E-state index in [4.69, 9.17) is 9.47 Å². The van der Waals surface area contributed by atoms with Gasteiger partial charge in [-0.3, -0.25) is 4.79 Å². The van der Waals surface area contributed by atoms with Gasteiger partial charge in [0.05, 0.1) is 31.7 Å². The molecule has 0 radical (unpaired) electrons. The number of carbonyl (C=O) groups excluding carboxylic acids is 1. The van der Waals surface area contributed by atoms with E-state index in [1.807, 2.05) is 19.1 Å². The highest BCUT2D eigenvalue weighted by molar-refractivity contribution is 7.89. The highest BCUT2D eigenvalue weighted by atomic mass is 32.2. The maximum atomic E-state index is 12.9. The fourth-order valence-corrected chi connectivity index (χ4v) is 5.36. The number of nitrogens with one attached hydrogen (secondary N) is 1. The summed E-state index contributed by atoms with van der Waals surface area (Å²) in [4.78, 5) is 15.0. The van der Waals surface area contributed by atoms with Crippen molar-refractivity contribution in [3.8, 4) is 11.5 Å². The molecule has 186 valence electrons. The van der Waals surface area contributed by atoms with Crippen LogP contribution in [-0.2, 0) is 14.8 Å². The minimum Gasteiger partial charge on any atom is -0.493 e. The summed E-state index contributed by atoms with van der Waals surface area (Å²) in [5, 5.41) is 2.89. The number of ether oxygens (including phenoxy) is 2. The van der Waals surface area contributed by atoms with Crippen molar-refractivity contribution in [1.29, 1.82) is 0 Å². The molecule has 0 spiro atoms. The first-order chi connectivity index (χ1) is 16.1. The van der Waals surface area contributed by atoms with Crippen LogP contribution in [0, 0.1) is 5.92 Å². The molecule has 0 aliphatic carbocycles. The molecule has 0 aromatic heterocycles. The zero-order valence-electron chi connectivity index (χ0n) is 20.6. The van der Waals surface area contributed by atoms with E-state index in [0.717, 1.165) is 23.0 Å². The molecule has 9 heteroatoms. The number of amides is 1. The number of methoxy groups -OCH3 is 2. The van der Waals surface area contributed by atoms with E-state index in [1.54, 1.807) is 0 Å². The molecule has 1 N–H and O–H groups in total. The van der Waals surface area contributed by atoms with Gasteiger partial charge < -0.3 is 19.7 Å². The molecule has 1 heterocycles. The Morgan fingerprint density at radius 2 is 1.82 bits per heavy atom. The van der Waals surface area contributed by atoms with Gasteiger partial charge >= 0.3 is 0 Å². The second-order valence-corrected chi connectivity index (χ2v) is 10.9. The third-order valence-corrected chi connectivity index (χ3v) is 8.02. The first-order valence-corrected chi connectivity index (χ1v) is 12.9. The highest BCUT2D eigenvalue weighted by Gasteiger charge is 2.25. The van der Waals surface area contributed by atoms with Crippen LogP contribution in [0.1, 0.15) is 38.3 Å². The van der Waals surface area contributed by atoms with E-state index in [-0.39, 0.29) is 23.4 Å². The standard InChI is InChI=1S/C25H35N3O5S/c1-18-7-6-14-28(16-18)21-10-8-20(9-11-21)19(2)26-25(29)17-27(3)34(30,31)22-12-13-23(32-4)24(15-22)33-5/h8-13,15,18-19H,6-7,14,16-17H2,1-5H3,(H,26,29)/t18-,19-/m0/s1. The van der Waals surface area contributed by atoms with Gasteiger partial charge in [0.1, 0.15) is 0 Å². The maximum Gasteiger partial charge on any atom is 0.243 e. The van der Waals surface area contributed by atoms with Gasteiger partial charge in [-0.1, -0.05) is 19.1 Å². The molecular weight excluding hydrogens is 454 g/mol. The minimum atomic E-state index is -3.88. The molecule has 1 amide bonds.